The van der Waals surface area contributed by atoms with Crippen LogP contribution in [0, 0.1) is 12.8 Å². The average Bonchev–Trinajstić information content (AvgIpc) is 2.70. The van der Waals surface area contributed by atoms with Crippen LogP contribution < -0.4 is 10.1 Å². The van der Waals surface area contributed by atoms with Gasteiger partial charge in [0.05, 0.1) is 17.9 Å². The lowest BCUT2D eigenvalue weighted by molar-refractivity contribution is -0.120. The lowest BCUT2D eigenvalue weighted by Crippen LogP contribution is -2.43. The third-order valence-corrected chi connectivity index (χ3v) is 6.65. The molecule has 1 amide bonds. The number of benzene rings is 2. The van der Waals surface area contributed by atoms with Crippen LogP contribution in [0.5, 0.6) is 5.75 Å². The normalized spacial score (nSPS) is 18.1. The molecule has 0 bridgehead atoms. The highest BCUT2D eigenvalue weighted by atomic mass is 32.2. The number of amides is 1. The Morgan fingerprint density at radius 3 is 2.41 bits per heavy atom. The number of piperidine rings is 1. The summed E-state index contributed by atoms with van der Waals surface area (Å²) in [5, 5.41) is 2.89. The molecule has 1 heterocycles. The molecule has 27 heavy (non-hydrogen) atoms. The number of carbonyl (C=O) groups is 1. The molecular weight excluding hydrogens is 364 g/mol. The fraction of sp³-hybridized carbons (Fsp3) is 0.350. The Balaban J connectivity index is 1.70. The van der Waals surface area contributed by atoms with Crippen molar-refractivity contribution in [1.29, 1.82) is 0 Å². The van der Waals surface area contributed by atoms with Gasteiger partial charge in [0.15, 0.2) is 0 Å². The van der Waals surface area contributed by atoms with Crippen LogP contribution in [0.25, 0.3) is 0 Å². The molecule has 0 aromatic heterocycles. The second kappa shape index (κ2) is 8.10. The number of methoxy groups -OCH3 is 1. The van der Waals surface area contributed by atoms with E-state index in [-0.39, 0.29) is 23.3 Å². The van der Waals surface area contributed by atoms with Gasteiger partial charge in [-0.1, -0.05) is 17.7 Å². The number of ether oxygens (including phenoxy) is 1. The van der Waals surface area contributed by atoms with E-state index in [1.807, 2.05) is 31.2 Å². The average molecular weight is 388 g/mol. The molecule has 144 valence electrons. The molecule has 1 fully saturated rings. The van der Waals surface area contributed by atoms with E-state index in [1.165, 1.54) is 23.5 Å². The molecule has 0 unspecified atom stereocenters. The van der Waals surface area contributed by atoms with E-state index < -0.39 is 10.0 Å². The monoisotopic (exact) mass is 388 g/mol. The molecule has 0 radical (unpaired) electrons. The fourth-order valence-corrected chi connectivity index (χ4v) is 4.68. The zero-order valence-electron chi connectivity index (χ0n) is 15.5. The summed E-state index contributed by atoms with van der Waals surface area (Å²) in [6.07, 6.45) is 1.33. The minimum Gasteiger partial charge on any atom is -0.497 e. The summed E-state index contributed by atoms with van der Waals surface area (Å²) in [5.41, 5.74) is 1.84. The molecule has 1 N–H and O–H groups in total. The summed E-state index contributed by atoms with van der Waals surface area (Å²) < 4.78 is 32.3. The lowest BCUT2D eigenvalue weighted by Gasteiger charge is -2.31. The van der Waals surface area contributed by atoms with Crippen LogP contribution in [-0.4, -0.2) is 38.8 Å². The van der Waals surface area contributed by atoms with E-state index in [4.69, 9.17) is 4.74 Å². The first-order valence-electron chi connectivity index (χ1n) is 8.92. The summed E-state index contributed by atoms with van der Waals surface area (Å²) in [6, 6.07) is 13.9. The molecule has 0 saturated carbocycles. The highest BCUT2D eigenvalue weighted by Gasteiger charge is 2.33. The number of carbonyl (C=O) groups excluding carboxylic acids is 1. The van der Waals surface area contributed by atoms with Crippen LogP contribution in [0.3, 0.4) is 0 Å². The number of sulfonamides is 1. The number of nitrogens with one attached hydrogen (secondary N) is 1. The predicted octanol–water partition coefficient (Wildman–Crippen LogP) is 3.04. The number of hydrogen-bond acceptors (Lipinski definition) is 4. The van der Waals surface area contributed by atoms with Gasteiger partial charge in [-0.2, -0.15) is 4.31 Å². The van der Waals surface area contributed by atoms with Crippen molar-refractivity contribution in [2.24, 2.45) is 5.92 Å². The highest BCUT2D eigenvalue weighted by Crippen LogP contribution is 2.26. The number of hydrogen-bond donors (Lipinski definition) is 1. The highest BCUT2D eigenvalue weighted by molar-refractivity contribution is 7.89. The topological polar surface area (TPSA) is 75.7 Å². The van der Waals surface area contributed by atoms with E-state index in [0.717, 1.165) is 11.3 Å². The molecule has 7 heteroatoms. The number of rotatable bonds is 5. The van der Waals surface area contributed by atoms with Crippen molar-refractivity contribution in [2.45, 2.75) is 24.7 Å². The van der Waals surface area contributed by atoms with Gasteiger partial charge in [-0.25, -0.2) is 8.42 Å². The Hall–Kier alpha value is -2.38. The molecule has 2 aromatic carbocycles. The summed E-state index contributed by atoms with van der Waals surface area (Å²) >= 11 is 0. The Bertz CT molecular complexity index is 893. The maximum Gasteiger partial charge on any atom is 0.243 e. The van der Waals surface area contributed by atoms with E-state index in [1.54, 1.807) is 12.1 Å². The van der Waals surface area contributed by atoms with Gasteiger partial charge in [0.1, 0.15) is 5.75 Å². The molecule has 3 rings (SSSR count). The lowest BCUT2D eigenvalue weighted by atomic mass is 9.98. The second-order valence-corrected chi connectivity index (χ2v) is 8.67. The summed E-state index contributed by atoms with van der Waals surface area (Å²) in [5.74, 6) is 0.0875. The van der Waals surface area contributed by atoms with Crippen molar-refractivity contribution in [1.82, 2.24) is 4.31 Å². The van der Waals surface area contributed by atoms with E-state index in [0.29, 0.717) is 25.1 Å². The Labute approximate surface area is 160 Å². The van der Waals surface area contributed by atoms with Gasteiger partial charge in [0.2, 0.25) is 15.9 Å². The second-order valence-electron chi connectivity index (χ2n) is 6.73. The minimum absolute atomic E-state index is 0.145. The molecule has 1 aliphatic rings. The summed E-state index contributed by atoms with van der Waals surface area (Å²) in [7, 11) is -2.10. The quantitative estimate of drug-likeness (QED) is 0.854. The minimum atomic E-state index is -3.63. The fourth-order valence-electron chi connectivity index (χ4n) is 3.15. The first-order valence-corrected chi connectivity index (χ1v) is 10.4. The maximum atomic E-state index is 12.9. The summed E-state index contributed by atoms with van der Waals surface area (Å²) in [4.78, 5) is 12.8. The molecule has 2 aromatic rings. The van der Waals surface area contributed by atoms with Gasteiger partial charge < -0.3 is 10.1 Å². The third kappa shape index (κ3) is 4.48. The standard InChI is InChI=1S/C20H24N2O4S/c1-15-5-7-17(8-6-15)21-20(23)16-4-3-13-22(14-16)27(24,25)19-11-9-18(26-2)10-12-19/h5-12,16H,3-4,13-14H2,1-2H3,(H,21,23)/t16-/m0/s1. The van der Waals surface area contributed by atoms with E-state index in [2.05, 4.69) is 5.32 Å². The van der Waals surface area contributed by atoms with Crippen molar-refractivity contribution in [3.8, 4) is 5.75 Å². The van der Waals surface area contributed by atoms with Crippen molar-refractivity contribution in [3.05, 3.63) is 54.1 Å². The molecule has 1 aliphatic heterocycles. The van der Waals surface area contributed by atoms with Gasteiger partial charge in [0, 0.05) is 18.8 Å². The van der Waals surface area contributed by atoms with Crippen LogP contribution in [0.4, 0.5) is 5.69 Å². The molecule has 0 aliphatic carbocycles. The third-order valence-electron chi connectivity index (χ3n) is 4.77. The van der Waals surface area contributed by atoms with Crippen LogP contribution in [0.2, 0.25) is 0 Å². The van der Waals surface area contributed by atoms with Crippen LogP contribution in [0.1, 0.15) is 18.4 Å². The number of nitrogens with zero attached hydrogens (tertiary/aromatic N) is 1. The van der Waals surface area contributed by atoms with Gasteiger partial charge in [-0.05, 0) is 56.2 Å². The van der Waals surface area contributed by atoms with Crippen molar-refractivity contribution in [2.75, 3.05) is 25.5 Å². The zero-order chi connectivity index (χ0) is 19.4. The SMILES string of the molecule is COc1ccc(S(=O)(=O)N2CCC[C@H](C(=O)Nc3ccc(C)cc3)C2)cc1. The summed E-state index contributed by atoms with van der Waals surface area (Å²) in [6.45, 7) is 2.59. The van der Waals surface area contributed by atoms with Gasteiger partial charge >= 0.3 is 0 Å². The van der Waals surface area contributed by atoms with Crippen molar-refractivity contribution >= 4 is 21.6 Å². The number of aryl methyl sites for hydroxylation is 1. The Kier molecular flexibility index (Phi) is 5.82. The van der Waals surface area contributed by atoms with Gasteiger partial charge in [0.25, 0.3) is 0 Å². The predicted molar refractivity (Wildman–Crippen MR) is 104 cm³/mol. The van der Waals surface area contributed by atoms with Crippen LogP contribution in [-0.2, 0) is 14.8 Å². The van der Waals surface area contributed by atoms with Gasteiger partial charge in [-0.15, -0.1) is 0 Å². The first kappa shape index (κ1) is 19.4. The maximum absolute atomic E-state index is 12.9. The van der Waals surface area contributed by atoms with E-state index >= 15 is 0 Å². The zero-order valence-corrected chi connectivity index (χ0v) is 16.3. The number of anilines is 1. The smallest absolute Gasteiger partial charge is 0.243 e. The Morgan fingerprint density at radius 2 is 1.78 bits per heavy atom. The van der Waals surface area contributed by atoms with Crippen LogP contribution in [0.15, 0.2) is 53.4 Å². The molecule has 1 atom stereocenters. The van der Waals surface area contributed by atoms with E-state index in [9.17, 15) is 13.2 Å². The van der Waals surface area contributed by atoms with Crippen LogP contribution >= 0.6 is 0 Å². The molecule has 6 nitrogen and oxygen atoms in total. The van der Waals surface area contributed by atoms with Crippen molar-refractivity contribution in [3.63, 3.8) is 0 Å². The molecule has 1 saturated heterocycles. The largest absolute Gasteiger partial charge is 0.497 e. The van der Waals surface area contributed by atoms with Gasteiger partial charge in [-0.3, -0.25) is 4.79 Å². The molecular formula is C20H24N2O4S. The Morgan fingerprint density at radius 1 is 1.11 bits per heavy atom. The molecule has 0 spiro atoms. The van der Waals surface area contributed by atoms with Crippen molar-refractivity contribution < 1.29 is 17.9 Å². The first-order chi connectivity index (χ1) is 12.9.